The van der Waals surface area contributed by atoms with Crippen molar-refractivity contribution in [2.75, 3.05) is 12.4 Å². The summed E-state index contributed by atoms with van der Waals surface area (Å²) in [7, 11) is 1.58. The van der Waals surface area contributed by atoms with Crippen LogP contribution >= 0.6 is 0 Å². The summed E-state index contributed by atoms with van der Waals surface area (Å²) in [6, 6.07) is 13.3. The van der Waals surface area contributed by atoms with Crippen LogP contribution in [0.3, 0.4) is 0 Å². The van der Waals surface area contributed by atoms with Crippen molar-refractivity contribution >= 4 is 17.7 Å². The molecule has 0 bridgehead atoms. The van der Waals surface area contributed by atoms with Gasteiger partial charge in [-0.15, -0.1) is 10.2 Å². The fraction of sp³-hybridized carbons (Fsp3) is 0.250. The van der Waals surface area contributed by atoms with Gasteiger partial charge >= 0.3 is 5.97 Å². The van der Waals surface area contributed by atoms with E-state index < -0.39 is 17.9 Å². The Hall–Kier alpha value is -4.73. The number of methoxy groups -OCH3 is 1. The van der Waals surface area contributed by atoms with Crippen molar-refractivity contribution in [3.05, 3.63) is 88.4 Å². The Balaban J connectivity index is 1.39. The average molecular weight is 516 g/mol. The lowest BCUT2D eigenvalue weighted by Gasteiger charge is -2.17. The van der Waals surface area contributed by atoms with Crippen molar-refractivity contribution in [2.24, 2.45) is 0 Å². The number of anilines is 1. The van der Waals surface area contributed by atoms with E-state index in [1.165, 1.54) is 0 Å². The molecule has 10 heteroatoms. The molecule has 0 aliphatic rings. The summed E-state index contributed by atoms with van der Waals surface area (Å²) in [6.07, 6.45) is 1.75. The first-order valence-corrected chi connectivity index (χ1v) is 12.0. The molecule has 0 aliphatic heterocycles. The lowest BCUT2D eigenvalue weighted by molar-refractivity contribution is -0.139. The molecule has 1 unspecified atom stereocenters. The number of pyridine rings is 1. The number of hydrogen-bond acceptors (Lipinski definition) is 8. The predicted molar refractivity (Wildman–Crippen MR) is 141 cm³/mol. The van der Waals surface area contributed by atoms with E-state index in [1.54, 1.807) is 49.7 Å². The zero-order chi connectivity index (χ0) is 27.2. The summed E-state index contributed by atoms with van der Waals surface area (Å²) in [4.78, 5) is 29.0. The van der Waals surface area contributed by atoms with Crippen molar-refractivity contribution in [1.29, 1.82) is 0 Å². The molecule has 2 heterocycles. The maximum atomic E-state index is 12.9. The number of rotatable bonds is 10. The quantitative estimate of drug-likeness (QED) is 0.285. The number of hydrogen-bond donors (Lipinski definition) is 3. The van der Waals surface area contributed by atoms with Gasteiger partial charge in [0, 0.05) is 29.8 Å². The third-order valence-electron chi connectivity index (χ3n) is 6.00. The Labute approximate surface area is 220 Å². The standard InChI is InChI=1S/C28H29N5O5/c1-16-11-17(2)25(18(3)12-16)26(34)31-22(28(35)36)13-19-5-7-20(8-6-19)27-33-32-24(38-27)15-30-23-14-21(37-4)9-10-29-23/h5-12,14,22H,13,15H2,1-4H3,(H,29,30)(H,31,34)(H,35,36). The molecule has 38 heavy (non-hydrogen) atoms. The molecular weight excluding hydrogens is 486 g/mol. The molecule has 1 atom stereocenters. The molecule has 10 nitrogen and oxygen atoms in total. The Kier molecular flexibility index (Phi) is 8.00. The van der Waals surface area contributed by atoms with Crippen molar-refractivity contribution in [3.63, 3.8) is 0 Å². The molecule has 0 spiro atoms. The van der Waals surface area contributed by atoms with Crippen LogP contribution in [0, 0.1) is 20.8 Å². The zero-order valence-electron chi connectivity index (χ0n) is 21.6. The number of benzene rings is 2. The van der Waals surface area contributed by atoms with E-state index in [0.717, 1.165) is 22.3 Å². The summed E-state index contributed by atoms with van der Waals surface area (Å²) in [6.45, 7) is 5.93. The highest BCUT2D eigenvalue weighted by molar-refractivity contribution is 5.99. The number of ether oxygens (including phenoxy) is 1. The molecule has 0 saturated carbocycles. The van der Waals surface area contributed by atoms with Gasteiger partial charge in [0.2, 0.25) is 11.8 Å². The Bertz CT molecular complexity index is 1430. The summed E-state index contributed by atoms with van der Waals surface area (Å²) >= 11 is 0. The molecule has 4 aromatic rings. The van der Waals surface area contributed by atoms with Gasteiger partial charge in [-0.25, -0.2) is 9.78 Å². The highest BCUT2D eigenvalue weighted by Crippen LogP contribution is 2.21. The average Bonchev–Trinajstić information content (AvgIpc) is 3.36. The third kappa shape index (κ3) is 6.33. The minimum Gasteiger partial charge on any atom is -0.497 e. The van der Waals surface area contributed by atoms with Gasteiger partial charge in [0.25, 0.3) is 5.91 Å². The first-order valence-electron chi connectivity index (χ1n) is 12.0. The number of amides is 1. The molecule has 0 radical (unpaired) electrons. The molecule has 0 aliphatic carbocycles. The summed E-state index contributed by atoms with van der Waals surface area (Å²) < 4.78 is 10.9. The number of carbonyl (C=O) groups is 2. The lowest BCUT2D eigenvalue weighted by Crippen LogP contribution is -2.42. The highest BCUT2D eigenvalue weighted by atomic mass is 16.5. The van der Waals surface area contributed by atoms with Crippen molar-refractivity contribution in [2.45, 2.75) is 39.8 Å². The van der Waals surface area contributed by atoms with Crippen molar-refractivity contribution in [1.82, 2.24) is 20.5 Å². The van der Waals surface area contributed by atoms with Crippen LogP contribution in [-0.2, 0) is 17.8 Å². The number of nitrogens with one attached hydrogen (secondary N) is 2. The van der Waals surface area contributed by atoms with E-state index in [-0.39, 0.29) is 13.0 Å². The first kappa shape index (κ1) is 26.3. The van der Waals surface area contributed by atoms with E-state index in [9.17, 15) is 14.7 Å². The molecule has 3 N–H and O–H groups in total. The van der Waals surface area contributed by atoms with Crippen LogP contribution < -0.4 is 15.4 Å². The smallest absolute Gasteiger partial charge is 0.326 e. The molecule has 2 aromatic heterocycles. The minimum absolute atomic E-state index is 0.123. The summed E-state index contributed by atoms with van der Waals surface area (Å²) in [5, 5.41) is 23.7. The van der Waals surface area contributed by atoms with Gasteiger partial charge in [-0.3, -0.25) is 4.79 Å². The van der Waals surface area contributed by atoms with Crippen molar-refractivity contribution < 1.29 is 23.8 Å². The lowest BCUT2D eigenvalue weighted by atomic mass is 9.98. The number of aryl methyl sites for hydroxylation is 3. The van der Waals surface area contributed by atoms with Gasteiger partial charge in [0.05, 0.1) is 13.7 Å². The molecule has 196 valence electrons. The SMILES string of the molecule is COc1ccnc(NCc2nnc(-c3ccc(CC(NC(=O)c4c(C)cc(C)cc4C)C(=O)O)cc3)o2)c1. The van der Waals surface area contributed by atoms with Crippen LogP contribution in [0.2, 0.25) is 0 Å². The molecule has 4 rings (SSSR count). The Morgan fingerprint density at radius 2 is 1.74 bits per heavy atom. The van der Waals surface area contributed by atoms with Gasteiger partial charge in [0.1, 0.15) is 17.6 Å². The third-order valence-corrected chi connectivity index (χ3v) is 6.00. The topological polar surface area (TPSA) is 139 Å². The molecule has 0 saturated heterocycles. The Morgan fingerprint density at radius 3 is 2.39 bits per heavy atom. The number of aromatic nitrogens is 3. The number of aliphatic carboxylic acids is 1. The summed E-state index contributed by atoms with van der Waals surface area (Å²) in [5.74, 6) is 0.495. The van der Waals surface area contributed by atoms with Gasteiger partial charge in [-0.05, 0) is 55.7 Å². The number of carboxylic acid groups (broad SMARTS) is 1. The van der Waals surface area contributed by atoms with E-state index >= 15 is 0 Å². The van der Waals surface area contributed by atoms with Gasteiger partial charge in [-0.2, -0.15) is 0 Å². The molecule has 1 amide bonds. The maximum Gasteiger partial charge on any atom is 0.326 e. The zero-order valence-corrected chi connectivity index (χ0v) is 21.6. The van der Waals surface area contributed by atoms with Gasteiger partial charge in [0.15, 0.2) is 0 Å². The molecule has 0 fully saturated rings. The fourth-order valence-electron chi connectivity index (χ4n) is 4.23. The van der Waals surface area contributed by atoms with Crippen LogP contribution in [0.4, 0.5) is 5.82 Å². The van der Waals surface area contributed by atoms with Gasteiger partial charge in [-0.1, -0.05) is 29.8 Å². The molecular formula is C28H29N5O5. The van der Waals surface area contributed by atoms with Gasteiger partial charge < -0.3 is 24.9 Å². The number of nitrogens with zero attached hydrogens (tertiary/aromatic N) is 3. The van der Waals surface area contributed by atoms with E-state index in [1.807, 2.05) is 32.9 Å². The van der Waals surface area contributed by atoms with Crippen LogP contribution in [0.5, 0.6) is 5.75 Å². The van der Waals surface area contributed by atoms with Crippen LogP contribution in [0.15, 0.2) is 59.1 Å². The number of carboxylic acids is 1. The second-order valence-electron chi connectivity index (χ2n) is 8.97. The Morgan fingerprint density at radius 1 is 1.03 bits per heavy atom. The monoisotopic (exact) mass is 515 g/mol. The first-order chi connectivity index (χ1) is 18.2. The largest absolute Gasteiger partial charge is 0.497 e. The maximum absolute atomic E-state index is 12.9. The van der Waals surface area contributed by atoms with E-state index in [2.05, 4.69) is 25.8 Å². The van der Waals surface area contributed by atoms with Crippen LogP contribution in [0.25, 0.3) is 11.5 Å². The van der Waals surface area contributed by atoms with E-state index in [4.69, 9.17) is 9.15 Å². The second kappa shape index (κ2) is 11.5. The number of carbonyl (C=O) groups excluding carboxylic acids is 1. The fourth-order valence-corrected chi connectivity index (χ4v) is 4.23. The predicted octanol–water partition coefficient (Wildman–Crippen LogP) is 4.10. The van der Waals surface area contributed by atoms with Crippen molar-refractivity contribution in [3.8, 4) is 17.2 Å². The van der Waals surface area contributed by atoms with E-state index in [0.29, 0.717) is 34.5 Å². The second-order valence-corrected chi connectivity index (χ2v) is 8.97. The highest BCUT2D eigenvalue weighted by Gasteiger charge is 2.23. The summed E-state index contributed by atoms with van der Waals surface area (Å²) in [5.41, 5.74) is 4.59. The normalized spacial score (nSPS) is 11.6. The van der Waals surface area contributed by atoms with Crippen LogP contribution in [0.1, 0.15) is 38.5 Å². The molecule has 2 aromatic carbocycles. The van der Waals surface area contributed by atoms with Crippen LogP contribution in [-0.4, -0.2) is 45.3 Å². The minimum atomic E-state index is -1.11.